The van der Waals surface area contributed by atoms with Crippen LogP contribution in [0.15, 0.2) is 53.1 Å². The van der Waals surface area contributed by atoms with Gasteiger partial charge in [-0.2, -0.15) is 5.10 Å². The minimum atomic E-state index is 0.00251. The number of hydrogen-bond acceptors (Lipinski definition) is 5. The third-order valence-electron chi connectivity index (χ3n) is 4.59. The number of aromatic nitrogens is 2. The third-order valence-corrected chi connectivity index (χ3v) is 4.59. The molecule has 26 heavy (non-hydrogen) atoms. The highest BCUT2D eigenvalue weighted by Gasteiger charge is 2.22. The van der Waals surface area contributed by atoms with Crippen molar-refractivity contribution in [2.24, 2.45) is 0 Å². The van der Waals surface area contributed by atoms with Crippen molar-refractivity contribution in [3.8, 4) is 0 Å². The Morgan fingerprint density at radius 3 is 2.69 bits per heavy atom. The SMILES string of the molecule is Cc1ccc(C=CC(=O)N2CCN(c3nncc4ccccc34)CC2)o1. The van der Waals surface area contributed by atoms with Crippen LogP contribution in [0.5, 0.6) is 0 Å². The van der Waals surface area contributed by atoms with Crippen molar-refractivity contribution < 1.29 is 9.21 Å². The molecule has 3 aromatic rings. The molecule has 1 aliphatic heterocycles. The lowest BCUT2D eigenvalue weighted by Crippen LogP contribution is -2.48. The van der Waals surface area contributed by atoms with Crippen LogP contribution in [-0.4, -0.2) is 47.2 Å². The Morgan fingerprint density at radius 2 is 1.92 bits per heavy atom. The fourth-order valence-corrected chi connectivity index (χ4v) is 3.19. The molecular formula is C20H20N4O2. The van der Waals surface area contributed by atoms with Crippen LogP contribution in [0.25, 0.3) is 16.8 Å². The van der Waals surface area contributed by atoms with Crippen LogP contribution < -0.4 is 4.90 Å². The highest BCUT2D eigenvalue weighted by atomic mass is 16.3. The van der Waals surface area contributed by atoms with E-state index in [2.05, 4.69) is 21.2 Å². The molecule has 0 spiro atoms. The minimum absolute atomic E-state index is 0.00251. The first kappa shape index (κ1) is 16.3. The normalized spacial score (nSPS) is 15.1. The Labute approximate surface area is 151 Å². The second-order valence-electron chi connectivity index (χ2n) is 6.35. The van der Waals surface area contributed by atoms with Crippen molar-refractivity contribution in [2.75, 3.05) is 31.1 Å². The summed E-state index contributed by atoms with van der Waals surface area (Å²) in [7, 11) is 0. The van der Waals surface area contributed by atoms with E-state index < -0.39 is 0 Å². The molecule has 2 aromatic heterocycles. The van der Waals surface area contributed by atoms with E-state index in [9.17, 15) is 4.79 Å². The Kier molecular flexibility index (Phi) is 4.39. The largest absolute Gasteiger partial charge is 0.462 e. The van der Waals surface area contributed by atoms with Crippen LogP contribution in [0.2, 0.25) is 0 Å². The maximum atomic E-state index is 12.4. The van der Waals surface area contributed by atoms with Crippen molar-refractivity contribution in [1.29, 1.82) is 0 Å². The van der Waals surface area contributed by atoms with E-state index in [4.69, 9.17) is 4.42 Å². The molecule has 0 aliphatic carbocycles. The van der Waals surface area contributed by atoms with Crippen LogP contribution in [0, 0.1) is 6.92 Å². The minimum Gasteiger partial charge on any atom is -0.462 e. The first-order valence-corrected chi connectivity index (χ1v) is 8.69. The second-order valence-corrected chi connectivity index (χ2v) is 6.35. The van der Waals surface area contributed by atoms with Crippen molar-refractivity contribution in [3.05, 3.63) is 60.2 Å². The maximum absolute atomic E-state index is 12.4. The molecule has 1 aliphatic rings. The molecule has 6 heteroatoms. The van der Waals surface area contributed by atoms with Crippen LogP contribution in [0.3, 0.4) is 0 Å². The first-order valence-electron chi connectivity index (χ1n) is 8.69. The highest BCUT2D eigenvalue weighted by molar-refractivity contribution is 5.93. The van der Waals surface area contributed by atoms with E-state index in [-0.39, 0.29) is 5.91 Å². The number of carbonyl (C=O) groups excluding carboxylic acids is 1. The Bertz CT molecular complexity index is 950. The Hall–Kier alpha value is -3.15. The number of hydrogen-bond donors (Lipinski definition) is 0. The van der Waals surface area contributed by atoms with Crippen LogP contribution >= 0.6 is 0 Å². The zero-order chi connectivity index (χ0) is 17.9. The number of carbonyl (C=O) groups is 1. The maximum Gasteiger partial charge on any atom is 0.246 e. The number of aryl methyl sites for hydroxylation is 1. The predicted molar refractivity (Wildman–Crippen MR) is 101 cm³/mol. The van der Waals surface area contributed by atoms with Gasteiger partial charge in [-0.1, -0.05) is 24.3 Å². The summed E-state index contributed by atoms with van der Waals surface area (Å²) in [5.41, 5.74) is 0. The number of anilines is 1. The molecule has 1 saturated heterocycles. The molecule has 1 aromatic carbocycles. The zero-order valence-electron chi connectivity index (χ0n) is 14.6. The highest BCUT2D eigenvalue weighted by Crippen LogP contribution is 2.24. The topological polar surface area (TPSA) is 62.5 Å². The van der Waals surface area contributed by atoms with Gasteiger partial charge >= 0.3 is 0 Å². The van der Waals surface area contributed by atoms with E-state index in [0.29, 0.717) is 18.8 Å². The molecule has 1 fully saturated rings. The molecule has 0 saturated carbocycles. The molecule has 132 valence electrons. The van der Waals surface area contributed by atoms with Gasteiger partial charge in [-0.25, -0.2) is 0 Å². The molecule has 3 heterocycles. The first-order chi connectivity index (χ1) is 12.7. The predicted octanol–water partition coefficient (Wildman–Crippen LogP) is 2.89. The molecule has 0 unspecified atom stereocenters. The smallest absolute Gasteiger partial charge is 0.246 e. The van der Waals surface area contributed by atoms with Crippen LogP contribution in [0.4, 0.5) is 5.82 Å². The number of amides is 1. The van der Waals surface area contributed by atoms with Gasteiger partial charge in [-0.15, -0.1) is 5.10 Å². The van der Waals surface area contributed by atoms with E-state index in [1.54, 1.807) is 18.3 Å². The summed E-state index contributed by atoms with van der Waals surface area (Å²) in [6, 6.07) is 11.8. The van der Waals surface area contributed by atoms with Gasteiger partial charge in [0.15, 0.2) is 5.82 Å². The molecule has 4 rings (SSSR count). The summed E-state index contributed by atoms with van der Waals surface area (Å²) >= 11 is 0. The third kappa shape index (κ3) is 3.31. The molecule has 0 radical (unpaired) electrons. The Morgan fingerprint density at radius 1 is 1.12 bits per heavy atom. The lowest BCUT2D eigenvalue weighted by molar-refractivity contribution is -0.126. The summed E-state index contributed by atoms with van der Waals surface area (Å²) < 4.78 is 5.46. The number of rotatable bonds is 3. The molecule has 0 bridgehead atoms. The summed E-state index contributed by atoms with van der Waals surface area (Å²) in [5, 5.41) is 10.6. The number of piperazine rings is 1. The van der Waals surface area contributed by atoms with E-state index >= 15 is 0 Å². The standard InChI is InChI=1S/C20H20N4O2/c1-15-6-7-17(26-15)8-9-19(25)23-10-12-24(13-11-23)20-18-5-3-2-4-16(18)14-21-22-20/h2-9,14H,10-13H2,1H3. The quantitative estimate of drug-likeness (QED) is 0.681. The van der Waals surface area contributed by atoms with Crippen molar-refractivity contribution in [3.63, 3.8) is 0 Å². The summed E-state index contributed by atoms with van der Waals surface area (Å²) in [4.78, 5) is 16.4. The van der Waals surface area contributed by atoms with Crippen LogP contribution in [0.1, 0.15) is 11.5 Å². The van der Waals surface area contributed by atoms with Gasteiger partial charge in [-0.3, -0.25) is 4.79 Å². The lowest BCUT2D eigenvalue weighted by atomic mass is 10.1. The van der Waals surface area contributed by atoms with Gasteiger partial charge < -0.3 is 14.2 Å². The molecular weight excluding hydrogens is 328 g/mol. The van der Waals surface area contributed by atoms with E-state index in [1.165, 1.54) is 0 Å². The molecule has 0 atom stereocenters. The molecule has 1 amide bonds. The van der Waals surface area contributed by atoms with Gasteiger partial charge in [0.25, 0.3) is 0 Å². The molecule has 0 N–H and O–H groups in total. The number of furan rings is 1. The van der Waals surface area contributed by atoms with Gasteiger partial charge in [0, 0.05) is 43.0 Å². The Balaban J connectivity index is 1.42. The van der Waals surface area contributed by atoms with Crippen LogP contribution in [-0.2, 0) is 4.79 Å². The monoisotopic (exact) mass is 348 g/mol. The van der Waals surface area contributed by atoms with Gasteiger partial charge in [0.1, 0.15) is 11.5 Å². The fraction of sp³-hybridized carbons (Fsp3) is 0.250. The van der Waals surface area contributed by atoms with Gasteiger partial charge in [0.05, 0.1) is 6.20 Å². The number of benzene rings is 1. The van der Waals surface area contributed by atoms with Crippen molar-refractivity contribution >= 4 is 28.6 Å². The number of nitrogens with zero attached hydrogens (tertiary/aromatic N) is 4. The summed E-state index contributed by atoms with van der Waals surface area (Å²) in [6.45, 7) is 4.68. The average molecular weight is 348 g/mol. The number of fused-ring (bicyclic) bond motifs is 1. The van der Waals surface area contributed by atoms with Gasteiger partial charge in [0.2, 0.25) is 5.91 Å². The lowest BCUT2D eigenvalue weighted by Gasteiger charge is -2.35. The van der Waals surface area contributed by atoms with Gasteiger partial charge in [-0.05, 0) is 25.1 Å². The van der Waals surface area contributed by atoms with Crippen molar-refractivity contribution in [2.45, 2.75) is 6.92 Å². The average Bonchev–Trinajstić information content (AvgIpc) is 3.11. The summed E-state index contributed by atoms with van der Waals surface area (Å²) in [5.74, 6) is 2.42. The van der Waals surface area contributed by atoms with E-state index in [1.807, 2.05) is 42.2 Å². The second kappa shape index (κ2) is 7.00. The van der Waals surface area contributed by atoms with Crippen molar-refractivity contribution in [1.82, 2.24) is 15.1 Å². The summed E-state index contributed by atoms with van der Waals surface area (Å²) in [6.07, 6.45) is 5.07. The van der Waals surface area contributed by atoms with E-state index in [0.717, 1.165) is 35.4 Å². The molecule has 6 nitrogen and oxygen atoms in total. The fourth-order valence-electron chi connectivity index (χ4n) is 3.19. The zero-order valence-corrected chi connectivity index (χ0v) is 14.6.